The fourth-order valence-corrected chi connectivity index (χ4v) is 3.38. The highest BCUT2D eigenvalue weighted by atomic mass is 16.5. The molecule has 2 aliphatic rings. The lowest BCUT2D eigenvalue weighted by Crippen LogP contribution is -2.34. The Morgan fingerprint density at radius 2 is 1.96 bits per heavy atom. The monoisotopic (exact) mass is 327 g/mol. The fourth-order valence-electron chi connectivity index (χ4n) is 3.38. The van der Waals surface area contributed by atoms with Gasteiger partial charge in [0.2, 0.25) is 5.89 Å². The predicted molar refractivity (Wildman–Crippen MR) is 89.4 cm³/mol. The Kier molecular flexibility index (Phi) is 4.56. The second-order valence-electron chi connectivity index (χ2n) is 7.06. The third-order valence-electron chi connectivity index (χ3n) is 5.05. The second kappa shape index (κ2) is 6.97. The van der Waals surface area contributed by atoms with E-state index in [-0.39, 0.29) is 0 Å². The molecule has 0 aromatic carbocycles. The van der Waals surface area contributed by atoms with E-state index in [1.54, 1.807) is 0 Å². The van der Waals surface area contributed by atoms with Crippen LogP contribution in [-0.2, 0) is 19.4 Å². The molecule has 2 aromatic heterocycles. The summed E-state index contributed by atoms with van der Waals surface area (Å²) in [6.45, 7) is 5.25. The number of aromatic nitrogens is 4. The van der Waals surface area contributed by atoms with Crippen molar-refractivity contribution in [1.29, 1.82) is 0 Å². The van der Waals surface area contributed by atoms with E-state index >= 15 is 0 Å². The minimum absolute atomic E-state index is 0.550. The Morgan fingerprint density at radius 3 is 2.71 bits per heavy atom. The summed E-state index contributed by atoms with van der Waals surface area (Å²) in [5, 5.41) is 4.16. The van der Waals surface area contributed by atoms with Crippen LogP contribution in [0, 0.1) is 5.92 Å². The maximum absolute atomic E-state index is 5.37. The van der Waals surface area contributed by atoms with Crippen molar-refractivity contribution in [2.45, 2.75) is 57.9 Å². The van der Waals surface area contributed by atoms with Crippen molar-refractivity contribution in [3.05, 3.63) is 35.5 Å². The summed E-state index contributed by atoms with van der Waals surface area (Å²) in [5.74, 6) is 3.92. The van der Waals surface area contributed by atoms with Gasteiger partial charge in [-0.15, -0.1) is 0 Å². The summed E-state index contributed by atoms with van der Waals surface area (Å²) in [4.78, 5) is 15.9. The Labute approximate surface area is 142 Å². The standard InChI is InChI=1S/C18H25N5O/c1-2-16-19-8-5-15(20-16)12-23-9-6-13(7-10-23)11-17-21-18(24-22-17)14-3-4-14/h5,8,13-14H,2-4,6-7,9-12H2,1H3. The second-order valence-corrected chi connectivity index (χ2v) is 7.06. The molecular weight excluding hydrogens is 302 g/mol. The first-order chi connectivity index (χ1) is 11.8. The molecule has 2 fully saturated rings. The summed E-state index contributed by atoms with van der Waals surface area (Å²) >= 11 is 0. The van der Waals surface area contributed by atoms with Crippen molar-refractivity contribution in [2.24, 2.45) is 5.92 Å². The van der Waals surface area contributed by atoms with E-state index in [2.05, 4.69) is 31.9 Å². The summed E-state index contributed by atoms with van der Waals surface area (Å²) in [7, 11) is 0. The lowest BCUT2D eigenvalue weighted by atomic mass is 9.93. The minimum Gasteiger partial charge on any atom is -0.339 e. The van der Waals surface area contributed by atoms with Gasteiger partial charge in [0.15, 0.2) is 5.82 Å². The Morgan fingerprint density at radius 1 is 1.12 bits per heavy atom. The van der Waals surface area contributed by atoms with Crippen LogP contribution in [0.25, 0.3) is 0 Å². The van der Waals surface area contributed by atoms with Crippen molar-refractivity contribution >= 4 is 0 Å². The van der Waals surface area contributed by atoms with E-state index in [4.69, 9.17) is 4.52 Å². The summed E-state index contributed by atoms with van der Waals surface area (Å²) in [6.07, 6.45) is 8.53. The number of likely N-dealkylation sites (tertiary alicyclic amines) is 1. The number of aryl methyl sites for hydroxylation is 1. The molecule has 0 spiro atoms. The molecule has 1 aliphatic heterocycles. The molecule has 6 heteroatoms. The van der Waals surface area contributed by atoms with Gasteiger partial charge >= 0.3 is 0 Å². The third-order valence-corrected chi connectivity index (χ3v) is 5.05. The molecule has 0 N–H and O–H groups in total. The normalized spacial score (nSPS) is 19.7. The molecule has 0 unspecified atom stereocenters. The van der Waals surface area contributed by atoms with Crippen molar-refractivity contribution < 1.29 is 4.52 Å². The zero-order valence-corrected chi connectivity index (χ0v) is 14.3. The van der Waals surface area contributed by atoms with Crippen LogP contribution in [0.2, 0.25) is 0 Å². The highest BCUT2D eigenvalue weighted by molar-refractivity contribution is 5.04. The van der Waals surface area contributed by atoms with Gasteiger partial charge in [-0.25, -0.2) is 9.97 Å². The molecule has 0 amide bonds. The Bertz CT molecular complexity index is 674. The first-order valence-corrected chi connectivity index (χ1v) is 9.15. The zero-order valence-electron chi connectivity index (χ0n) is 14.3. The SMILES string of the molecule is CCc1nccc(CN2CCC(Cc3noc(C4CC4)n3)CC2)n1. The first kappa shape index (κ1) is 15.7. The predicted octanol–water partition coefficient (Wildman–Crippen LogP) is 2.75. The van der Waals surface area contributed by atoms with Gasteiger partial charge in [0, 0.05) is 31.5 Å². The van der Waals surface area contributed by atoms with Crippen LogP contribution in [0.1, 0.15) is 61.8 Å². The van der Waals surface area contributed by atoms with E-state index in [9.17, 15) is 0 Å². The number of nitrogens with zero attached hydrogens (tertiary/aromatic N) is 5. The zero-order chi connectivity index (χ0) is 16.4. The number of hydrogen-bond donors (Lipinski definition) is 0. The van der Waals surface area contributed by atoms with Crippen LogP contribution in [0.15, 0.2) is 16.8 Å². The van der Waals surface area contributed by atoms with E-state index in [0.29, 0.717) is 11.8 Å². The van der Waals surface area contributed by atoms with Crippen molar-refractivity contribution in [3.63, 3.8) is 0 Å². The van der Waals surface area contributed by atoms with Crippen molar-refractivity contribution in [1.82, 2.24) is 25.0 Å². The van der Waals surface area contributed by atoms with Gasteiger partial charge in [-0.05, 0) is 50.8 Å². The van der Waals surface area contributed by atoms with Crippen LogP contribution in [0.4, 0.5) is 0 Å². The highest BCUT2D eigenvalue weighted by Crippen LogP contribution is 2.39. The summed E-state index contributed by atoms with van der Waals surface area (Å²) < 4.78 is 5.37. The van der Waals surface area contributed by atoms with Crippen molar-refractivity contribution in [3.8, 4) is 0 Å². The lowest BCUT2D eigenvalue weighted by molar-refractivity contribution is 0.173. The van der Waals surface area contributed by atoms with E-state index in [1.807, 2.05) is 12.3 Å². The summed E-state index contributed by atoms with van der Waals surface area (Å²) in [6, 6.07) is 2.03. The van der Waals surface area contributed by atoms with Crippen LogP contribution in [-0.4, -0.2) is 38.1 Å². The number of piperidine rings is 1. The average Bonchev–Trinajstić information content (AvgIpc) is 3.37. The maximum Gasteiger partial charge on any atom is 0.229 e. The minimum atomic E-state index is 0.550. The molecular formula is C18H25N5O. The molecule has 0 bridgehead atoms. The molecule has 1 aliphatic carbocycles. The average molecular weight is 327 g/mol. The van der Waals surface area contributed by atoms with Gasteiger partial charge in [-0.2, -0.15) is 4.98 Å². The first-order valence-electron chi connectivity index (χ1n) is 9.15. The lowest BCUT2D eigenvalue weighted by Gasteiger charge is -2.31. The maximum atomic E-state index is 5.37. The van der Waals surface area contributed by atoms with Gasteiger partial charge in [0.05, 0.1) is 5.69 Å². The molecule has 4 rings (SSSR count). The fraction of sp³-hybridized carbons (Fsp3) is 0.667. The third kappa shape index (κ3) is 3.80. The number of hydrogen-bond acceptors (Lipinski definition) is 6. The molecule has 128 valence electrons. The van der Waals surface area contributed by atoms with Gasteiger partial charge in [-0.3, -0.25) is 4.90 Å². The van der Waals surface area contributed by atoms with Gasteiger partial charge in [0.25, 0.3) is 0 Å². The molecule has 1 saturated heterocycles. The van der Waals surface area contributed by atoms with E-state index < -0.39 is 0 Å². The smallest absolute Gasteiger partial charge is 0.229 e. The molecule has 3 heterocycles. The highest BCUT2D eigenvalue weighted by Gasteiger charge is 2.30. The van der Waals surface area contributed by atoms with Crippen LogP contribution < -0.4 is 0 Å². The molecule has 24 heavy (non-hydrogen) atoms. The van der Waals surface area contributed by atoms with E-state index in [0.717, 1.165) is 55.7 Å². The molecule has 6 nitrogen and oxygen atoms in total. The quantitative estimate of drug-likeness (QED) is 0.812. The summed E-state index contributed by atoms with van der Waals surface area (Å²) in [5.41, 5.74) is 1.13. The van der Waals surface area contributed by atoms with Gasteiger partial charge in [-0.1, -0.05) is 12.1 Å². The Hall–Kier alpha value is -1.82. The molecule has 0 atom stereocenters. The molecule has 0 radical (unpaired) electrons. The molecule has 2 aromatic rings. The van der Waals surface area contributed by atoms with Crippen LogP contribution in [0.5, 0.6) is 0 Å². The van der Waals surface area contributed by atoms with E-state index in [1.165, 1.54) is 25.7 Å². The number of rotatable bonds is 6. The topological polar surface area (TPSA) is 67.9 Å². The van der Waals surface area contributed by atoms with Gasteiger partial charge < -0.3 is 4.52 Å². The van der Waals surface area contributed by atoms with Gasteiger partial charge in [0.1, 0.15) is 5.82 Å². The van der Waals surface area contributed by atoms with Crippen LogP contribution >= 0.6 is 0 Å². The van der Waals surface area contributed by atoms with Crippen molar-refractivity contribution in [2.75, 3.05) is 13.1 Å². The largest absolute Gasteiger partial charge is 0.339 e. The Balaban J connectivity index is 1.26. The van der Waals surface area contributed by atoms with Crippen LogP contribution in [0.3, 0.4) is 0 Å². The molecule has 1 saturated carbocycles.